The summed E-state index contributed by atoms with van der Waals surface area (Å²) in [6.45, 7) is 8.10. The predicted octanol–water partition coefficient (Wildman–Crippen LogP) is 3.06. The maximum atomic E-state index is 6.27. The molecule has 7 heteroatoms. The van der Waals surface area contributed by atoms with Gasteiger partial charge in [-0.25, -0.2) is 0 Å². The molecule has 0 amide bonds. The zero-order chi connectivity index (χ0) is 20.1. The molecule has 0 spiro atoms. The van der Waals surface area contributed by atoms with E-state index in [-0.39, 0.29) is 0 Å². The van der Waals surface area contributed by atoms with E-state index < -0.39 is 0 Å². The molecule has 3 aliphatic heterocycles. The molecule has 0 radical (unpaired) electrons. The van der Waals surface area contributed by atoms with Crippen LogP contribution in [0.5, 0.6) is 0 Å². The minimum atomic E-state index is 0.546. The molecule has 0 saturated carbocycles. The van der Waals surface area contributed by atoms with Crippen molar-refractivity contribution in [2.75, 3.05) is 30.3 Å². The highest BCUT2D eigenvalue weighted by Crippen LogP contribution is 2.43. The second-order valence-electron chi connectivity index (χ2n) is 9.91. The van der Waals surface area contributed by atoms with Crippen LogP contribution in [-0.2, 0) is 7.05 Å². The number of hydrogen-bond acceptors (Lipinski definition) is 6. The van der Waals surface area contributed by atoms with Gasteiger partial charge in [0.15, 0.2) is 5.65 Å². The monoisotopic (exact) mass is 397 g/mol. The molecular formula is C22H35N7. The van der Waals surface area contributed by atoms with Crippen LogP contribution in [-0.4, -0.2) is 56.4 Å². The number of rotatable bonds is 4. The fourth-order valence-electron chi connectivity index (χ4n) is 6.15. The normalized spacial score (nSPS) is 30.1. The van der Waals surface area contributed by atoms with Crippen molar-refractivity contribution in [3.63, 3.8) is 0 Å². The van der Waals surface area contributed by atoms with Crippen LogP contribution in [0.2, 0.25) is 0 Å². The standard InChI is InChI=1S/C22H35N7/c1-14(2)7-8-19-16-10-15(18-6-4-5-9-29(18)19)12-28(13-16)22-25-20(23)17-11-24-27(3)21(17)26-22/h11,14-16,18-19H,4-10,12-13H2,1-3H3,(H2,23,25,26)/t15-,16+,18+,19+/m1/s1. The first-order valence-electron chi connectivity index (χ1n) is 11.5. The van der Waals surface area contributed by atoms with Crippen molar-refractivity contribution < 1.29 is 0 Å². The van der Waals surface area contributed by atoms with E-state index in [9.17, 15) is 0 Å². The van der Waals surface area contributed by atoms with Gasteiger partial charge < -0.3 is 10.6 Å². The Kier molecular flexibility index (Phi) is 4.88. The Hall–Kier alpha value is -1.89. The second-order valence-corrected chi connectivity index (χ2v) is 9.91. The molecule has 158 valence electrons. The molecule has 3 fully saturated rings. The van der Waals surface area contributed by atoms with Crippen molar-refractivity contribution >= 4 is 22.8 Å². The molecule has 5 rings (SSSR count). The lowest BCUT2D eigenvalue weighted by Gasteiger charge is -2.57. The van der Waals surface area contributed by atoms with Crippen molar-refractivity contribution in [3.8, 4) is 0 Å². The molecule has 2 aromatic heterocycles. The SMILES string of the molecule is CC(C)CC[C@H]1[C@H]2C[C@H](CN(c3nc(N)c4cnn(C)c4n3)C2)[C@@H]2CCCCN21. The van der Waals surface area contributed by atoms with E-state index in [0.717, 1.165) is 47.9 Å². The molecule has 5 heterocycles. The van der Waals surface area contributed by atoms with E-state index in [4.69, 9.17) is 15.7 Å². The van der Waals surface area contributed by atoms with Gasteiger partial charge in [0.05, 0.1) is 11.6 Å². The summed E-state index contributed by atoms with van der Waals surface area (Å²) in [6.07, 6.45) is 9.87. The smallest absolute Gasteiger partial charge is 0.229 e. The average Bonchev–Trinajstić information content (AvgIpc) is 3.09. The predicted molar refractivity (Wildman–Crippen MR) is 117 cm³/mol. The maximum absolute atomic E-state index is 6.27. The summed E-state index contributed by atoms with van der Waals surface area (Å²) in [5.41, 5.74) is 7.10. The molecule has 2 N–H and O–H groups in total. The van der Waals surface area contributed by atoms with Gasteiger partial charge in [-0.05, 0) is 56.4 Å². The minimum absolute atomic E-state index is 0.546. The van der Waals surface area contributed by atoms with Gasteiger partial charge in [0, 0.05) is 32.2 Å². The van der Waals surface area contributed by atoms with E-state index in [1.807, 2.05) is 7.05 Å². The quantitative estimate of drug-likeness (QED) is 0.854. The Morgan fingerprint density at radius 2 is 2.00 bits per heavy atom. The van der Waals surface area contributed by atoms with Crippen LogP contribution < -0.4 is 10.6 Å². The van der Waals surface area contributed by atoms with Crippen molar-refractivity contribution in [2.45, 2.75) is 64.5 Å². The minimum Gasteiger partial charge on any atom is -0.383 e. The van der Waals surface area contributed by atoms with Crippen molar-refractivity contribution in [3.05, 3.63) is 6.20 Å². The van der Waals surface area contributed by atoms with Crippen LogP contribution in [0, 0.1) is 17.8 Å². The molecule has 2 bridgehead atoms. The lowest BCUT2D eigenvalue weighted by Crippen LogP contribution is -2.63. The van der Waals surface area contributed by atoms with Gasteiger partial charge in [-0.3, -0.25) is 9.58 Å². The van der Waals surface area contributed by atoms with Gasteiger partial charge in [-0.15, -0.1) is 0 Å². The molecular weight excluding hydrogens is 362 g/mol. The summed E-state index contributed by atoms with van der Waals surface area (Å²) in [5.74, 6) is 3.53. The first kappa shape index (κ1) is 19.1. The molecule has 3 saturated heterocycles. The van der Waals surface area contributed by atoms with Crippen molar-refractivity contribution in [1.82, 2.24) is 24.6 Å². The Morgan fingerprint density at radius 3 is 2.83 bits per heavy atom. The highest BCUT2D eigenvalue weighted by Gasteiger charge is 2.47. The Bertz CT molecular complexity index is 875. The van der Waals surface area contributed by atoms with E-state index in [0.29, 0.717) is 17.8 Å². The van der Waals surface area contributed by atoms with Gasteiger partial charge in [0.1, 0.15) is 5.82 Å². The molecule has 0 aromatic carbocycles. The number of fused-ring (bicyclic) bond motifs is 5. The molecule has 2 aromatic rings. The zero-order valence-corrected chi connectivity index (χ0v) is 18.1. The summed E-state index contributed by atoms with van der Waals surface area (Å²) in [4.78, 5) is 14.9. The first-order valence-corrected chi connectivity index (χ1v) is 11.5. The largest absolute Gasteiger partial charge is 0.383 e. The van der Waals surface area contributed by atoms with Gasteiger partial charge >= 0.3 is 0 Å². The number of anilines is 2. The fraction of sp³-hybridized carbons (Fsp3) is 0.773. The van der Waals surface area contributed by atoms with E-state index in [2.05, 4.69) is 28.7 Å². The lowest BCUT2D eigenvalue weighted by molar-refractivity contribution is -0.0370. The number of hydrogen-bond donors (Lipinski definition) is 1. The highest BCUT2D eigenvalue weighted by molar-refractivity contribution is 5.86. The van der Waals surface area contributed by atoms with Gasteiger partial charge in [0.25, 0.3) is 0 Å². The third kappa shape index (κ3) is 3.37. The first-order chi connectivity index (χ1) is 14.0. The summed E-state index contributed by atoms with van der Waals surface area (Å²) in [6, 6.07) is 1.44. The molecule has 4 atom stereocenters. The molecule has 0 unspecified atom stereocenters. The van der Waals surface area contributed by atoms with Crippen LogP contribution in [0.1, 0.15) is 52.4 Å². The van der Waals surface area contributed by atoms with Crippen LogP contribution in [0.15, 0.2) is 6.20 Å². The van der Waals surface area contributed by atoms with Crippen LogP contribution in [0.3, 0.4) is 0 Å². The van der Waals surface area contributed by atoms with Crippen molar-refractivity contribution in [2.24, 2.45) is 24.8 Å². The van der Waals surface area contributed by atoms with Crippen molar-refractivity contribution in [1.29, 1.82) is 0 Å². The molecule has 0 aliphatic carbocycles. The number of piperidine rings is 3. The van der Waals surface area contributed by atoms with E-state index in [1.165, 1.54) is 45.1 Å². The van der Waals surface area contributed by atoms with Gasteiger partial charge in [-0.1, -0.05) is 20.3 Å². The Morgan fingerprint density at radius 1 is 1.17 bits per heavy atom. The summed E-state index contributed by atoms with van der Waals surface area (Å²) in [5, 5.41) is 5.16. The van der Waals surface area contributed by atoms with Gasteiger partial charge in [-0.2, -0.15) is 15.1 Å². The van der Waals surface area contributed by atoms with Crippen LogP contribution in [0.25, 0.3) is 11.0 Å². The molecule has 7 nitrogen and oxygen atoms in total. The molecule has 29 heavy (non-hydrogen) atoms. The molecule has 3 aliphatic rings. The highest BCUT2D eigenvalue weighted by atomic mass is 15.3. The fourth-order valence-corrected chi connectivity index (χ4v) is 6.15. The summed E-state index contributed by atoms with van der Waals surface area (Å²) in [7, 11) is 1.92. The number of nitrogens with two attached hydrogens (primary N) is 1. The Labute approximate surface area is 173 Å². The zero-order valence-electron chi connectivity index (χ0n) is 18.1. The van der Waals surface area contributed by atoms with E-state index >= 15 is 0 Å². The summed E-state index contributed by atoms with van der Waals surface area (Å²) >= 11 is 0. The average molecular weight is 398 g/mol. The lowest BCUT2D eigenvalue weighted by atomic mass is 9.71. The topological polar surface area (TPSA) is 76.1 Å². The Balaban J connectivity index is 1.45. The van der Waals surface area contributed by atoms with E-state index in [1.54, 1.807) is 10.9 Å². The number of aromatic nitrogens is 4. The number of aryl methyl sites for hydroxylation is 1. The second kappa shape index (κ2) is 7.42. The number of nitrogens with zero attached hydrogens (tertiary/aromatic N) is 6. The summed E-state index contributed by atoms with van der Waals surface area (Å²) < 4.78 is 1.80. The van der Waals surface area contributed by atoms with Crippen LogP contribution >= 0.6 is 0 Å². The number of nitrogen functional groups attached to an aromatic ring is 1. The maximum Gasteiger partial charge on any atom is 0.229 e. The van der Waals surface area contributed by atoms with Crippen LogP contribution in [0.4, 0.5) is 11.8 Å². The third-order valence-electron chi connectivity index (χ3n) is 7.55. The van der Waals surface area contributed by atoms with Gasteiger partial charge in [0.2, 0.25) is 5.95 Å². The third-order valence-corrected chi connectivity index (χ3v) is 7.55.